The van der Waals surface area contributed by atoms with Gasteiger partial charge < -0.3 is 4.90 Å². The van der Waals surface area contributed by atoms with Crippen molar-refractivity contribution in [3.63, 3.8) is 0 Å². The molecule has 2 aromatic carbocycles. The number of hydrogen-bond donors (Lipinski definition) is 0. The average molecular weight is 394 g/mol. The summed E-state index contributed by atoms with van der Waals surface area (Å²) in [5.74, 6) is -0.418. The van der Waals surface area contributed by atoms with Crippen molar-refractivity contribution in [2.24, 2.45) is 0 Å². The van der Waals surface area contributed by atoms with Crippen molar-refractivity contribution >= 4 is 61.8 Å². The van der Waals surface area contributed by atoms with E-state index in [0.717, 1.165) is 6.07 Å². The molecule has 122 valence electrons. The second-order valence-electron chi connectivity index (χ2n) is 4.87. The number of rotatable bonds is 3. The lowest BCUT2D eigenvalue weighted by atomic mass is 10.1. The number of nitrogens with zero attached hydrogens (tertiary/aromatic N) is 1. The van der Waals surface area contributed by atoms with Crippen LogP contribution in [0.5, 0.6) is 0 Å². The fraction of sp³-hybridized carbons (Fsp3) is 0.154. The first kappa shape index (κ1) is 16.5. The third kappa shape index (κ3) is 2.40. The lowest BCUT2D eigenvalue weighted by Gasteiger charge is -2.18. The second kappa shape index (κ2) is 5.07. The lowest BCUT2D eigenvalue weighted by molar-refractivity contribution is 0.0994. The van der Waals surface area contributed by atoms with Crippen molar-refractivity contribution in [1.29, 1.82) is 0 Å². The Morgan fingerprint density at radius 2 is 1.65 bits per heavy atom. The molecule has 0 saturated carbocycles. The highest BCUT2D eigenvalue weighted by atomic mass is 35.7. The topological polar surface area (TPSA) is 88.6 Å². The molecule has 0 fully saturated rings. The monoisotopic (exact) mass is 393 g/mol. The zero-order valence-electron chi connectivity index (χ0n) is 11.6. The number of halogens is 2. The largest absolute Gasteiger partial charge is 0.307 e. The quantitative estimate of drug-likeness (QED) is 0.747. The van der Waals surface area contributed by atoms with Crippen molar-refractivity contribution < 1.29 is 21.6 Å². The lowest BCUT2D eigenvalue weighted by Crippen LogP contribution is -2.27. The Balaban J connectivity index is 2.65. The molecule has 23 heavy (non-hydrogen) atoms. The van der Waals surface area contributed by atoms with Gasteiger partial charge in [0.25, 0.3) is 24.0 Å². The van der Waals surface area contributed by atoms with Crippen molar-refractivity contribution in [1.82, 2.24) is 0 Å². The van der Waals surface area contributed by atoms with Gasteiger partial charge in [0.05, 0.1) is 10.6 Å². The summed E-state index contributed by atoms with van der Waals surface area (Å²) < 4.78 is 47.5. The van der Waals surface area contributed by atoms with E-state index in [0.29, 0.717) is 0 Å². The van der Waals surface area contributed by atoms with Crippen LogP contribution in [0.3, 0.4) is 0 Å². The Labute approximate surface area is 141 Å². The van der Waals surface area contributed by atoms with E-state index < -0.39 is 33.8 Å². The summed E-state index contributed by atoms with van der Waals surface area (Å²) >= 11 is 0. The van der Waals surface area contributed by atoms with Crippen LogP contribution in [-0.2, 0) is 18.1 Å². The highest BCUT2D eigenvalue weighted by Gasteiger charge is 2.36. The maximum absolute atomic E-state index is 12.5. The Kier molecular flexibility index (Phi) is 3.64. The molecule has 0 saturated heterocycles. The maximum Gasteiger partial charge on any atom is 0.263 e. The van der Waals surface area contributed by atoms with E-state index in [2.05, 4.69) is 0 Å². The fourth-order valence-electron chi connectivity index (χ4n) is 2.78. The molecule has 2 aromatic rings. The third-order valence-electron chi connectivity index (χ3n) is 3.65. The molecule has 10 heteroatoms. The Morgan fingerprint density at radius 1 is 1.04 bits per heavy atom. The van der Waals surface area contributed by atoms with E-state index in [-0.39, 0.29) is 28.6 Å². The molecule has 0 atom stereocenters. The molecule has 0 bridgehead atoms. The van der Waals surface area contributed by atoms with Crippen LogP contribution >= 0.6 is 21.4 Å². The maximum atomic E-state index is 12.5. The summed E-state index contributed by atoms with van der Waals surface area (Å²) in [5.41, 5.74) is 0.297. The smallest absolute Gasteiger partial charge is 0.263 e. The molecule has 0 spiro atoms. The molecule has 1 aliphatic rings. The van der Waals surface area contributed by atoms with Crippen LogP contribution in [0.2, 0.25) is 0 Å². The molecular formula is C13H9Cl2NO5S2. The summed E-state index contributed by atoms with van der Waals surface area (Å²) in [5, 5.41) is 0.404. The Bertz CT molecular complexity index is 1080. The van der Waals surface area contributed by atoms with E-state index in [1.54, 1.807) is 6.92 Å². The van der Waals surface area contributed by atoms with Crippen LogP contribution in [0.1, 0.15) is 17.3 Å². The van der Waals surface area contributed by atoms with Gasteiger partial charge in [-0.05, 0) is 19.1 Å². The molecule has 1 heterocycles. The highest BCUT2D eigenvalue weighted by Crippen LogP contribution is 2.45. The third-order valence-corrected chi connectivity index (χ3v) is 6.35. The second-order valence-corrected chi connectivity index (χ2v) is 9.94. The molecule has 6 nitrogen and oxygen atoms in total. The molecule has 3 rings (SSSR count). The average Bonchev–Trinajstić information content (AvgIpc) is 2.71. The number of anilines is 1. The molecule has 0 aromatic heterocycles. The van der Waals surface area contributed by atoms with Crippen LogP contribution in [0.15, 0.2) is 34.1 Å². The number of amides is 1. The molecule has 1 amide bonds. The standard InChI is InChI=1S/C13H9Cl2NO5S2/c1-2-16-12-10(23(15,20)21)6-9(22(14,18)19)7-4-3-5-8(11(7)12)13(16)17/h3-6H,2H2,1H3. The Morgan fingerprint density at radius 3 is 2.17 bits per heavy atom. The first-order chi connectivity index (χ1) is 10.6. The first-order valence-corrected chi connectivity index (χ1v) is 11.0. The minimum Gasteiger partial charge on any atom is -0.307 e. The van der Waals surface area contributed by atoms with E-state index in [9.17, 15) is 21.6 Å². The van der Waals surface area contributed by atoms with Gasteiger partial charge in [-0.15, -0.1) is 0 Å². The molecule has 0 unspecified atom stereocenters. The summed E-state index contributed by atoms with van der Waals surface area (Å²) in [6, 6.07) is 5.38. The fourth-order valence-corrected chi connectivity index (χ4v) is 4.99. The van der Waals surface area contributed by atoms with Crippen molar-refractivity contribution in [2.45, 2.75) is 16.7 Å². The SMILES string of the molecule is CCN1C(=O)c2cccc3c(S(=O)(=O)Cl)cc(S(=O)(=O)Cl)c1c23. The predicted molar refractivity (Wildman–Crippen MR) is 87.4 cm³/mol. The van der Waals surface area contributed by atoms with Gasteiger partial charge in [-0.25, -0.2) is 16.8 Å². The van der Waals surface area contributed by atoms with Gasteiger partial charge in [-0.1, -0.05) is 12.1 Å². The molecule has 0 aliphatic carbocycles. The van der Waals surface area contributed by atoms with Gasteiger partial charge in [0.2, 0.25) is 0 Å². The summed E-state index contributed by atoms with van der Waals surface area (Å²) in [6.07, 6.45) is 0. The summed E-state index contributed by atoms with van der Waals surface area (Å²) in [4.78, 5) is 12.9. The zero-order chi connectivity index (χ0) is 17.2. The summed E-state index contributed by atoms with van der Waals surface area (Å²) in [6.45, 7) is 1.88. The van der Waals surface area contributed by atoms with Crippen LogP contribution < -0.4 is 4.90 Å². The van der Waals surface area contributed by atoms with E-state index in [4.69, 9.17) is 21.4 Å². The van der Waals surface area contributed by atoms with Crippen molar-refractivity contribution in [3.05, 3.63) is 29.8 Å². The number of benzene rings is 2. The highest BCUT2D eigenvalue weighted by molar-refractivity contribution is 8.14. The Hall–Kier alpha value is -1.35. The van der Waals surface area contributed by atoms with E-state index in [1.807, 2.05) is 0 Å². The van der Waals surface area contributed by atoms with Crippen molar-refractivity contribution in [2.75, 3.05) is 11.4 Å². The minimum atomic E-state index is -4.30. The molecule has 0 radical (unpaired) electrons. The normalized spacial score (nSPS) is 14.7. The molecule has 1 aliphatic heterocycles. The van der Waals surface area contributed by atoms with Crippen LogP contribution in [0, 0.1) is 0 Å². The number of hydrogen-bond acceptors (Lipinski definition) is 5. The van der Waals surface area contributed by atoms with Crippen LogP contribution in [0.25, 0.3) is 10.8 Å². The number of carbonyl (C=O) groups is 1. The molecule has 0 N–H and O–H groups in total. The van der Waals surface area contributed by atoms with Crippen LogP contribution in [-0.4, -0.2) is 29.3 Å². The molecular weight excluding hydrogens is 385 g/mol. The predicted octanol–water partition coefficient (Wildman–Crippen LogP) is 2.67. The first-order valence-electron chi connectivity index (χ1n) is 6.38. The van der Waals surface area contributed by atoms with Gasteiger partial charge >= 0.3 is 0 Å². The van der Waals surface area contributed by atoms with Gasteiger partial charge in [0.15, 0.2) is 0 Å². The van der Waals surface area contributed by atoms with E-state index in [1.165, 1.54) is 23.1 Å². The van der Waals surface area contributed by atoms with Gasteiger partial charge in [-0.2, -0.15) is 0 Å². The van der Waals surface area contributed by atoms with Gasteiger partial charge in [0.1, 0.15) is 4.90 Å². The van der Waals surface area contributed by atoms with Gasteiger partial charge in [-0.3, -0.25) is 4.79 Å². The van der Waals surface area contributed by atoms with Gasteiger partial charge in [0, 0.05) is 44.2 Å². The zero-order valence-corrected chi connectivity index (χ0v) is 14.7. The number of carbonyl (C=O) groups excluding carboxylic acids is 1. The summed E-state index contributed by atoms with van der Waals surface area (Å²) in [7, 11) is 2.34. The van der Waals surface area contributed by atoms with Crippen LogP contribution in [0.4, 0.5) is 5.69 Å². The van der Waals surface area contributed by atoms with E-state index >= 15 is 0 Å². The minimum absolute atomic E-state index is 0.0853. The van der Waals surface area contributed by atoms with Crippen molar-refractivity contribution in [3.8, 4) is 0 Å².